The number of nitrogens with zero attached hydrogens (tertiary/aromatic N) is 3. The molecular formula is C14H12FN5O2. The van der Waals surface area contributed by atoms with E-state index in [1.54, 1.807) is 6.07 Å². The zero-order valence-corrected chi connectivity index (χ0v) is 11.5. The third-order valence-electron chi connectivity index (χ3n) is 4.16. The molecule has 0 saturated carbocycles. The molecule has 4 rings (SSSR count). The van der Waals surface area contributed by atoms with Crippen molar-refractivity contribution in [3.63, 3.8) is 0 Å². The number of aromatic nitrogens is 2. The second kappa shape index (κ2) is 4.36. The number of nitrogens with one attached hydrogen (secondary N) is 2. The number of benzene rings is 1. The van der Waals surface area contributed by atoms with Gasteiger partial charge in [0.05, 0.1) is 12.1 Å². The number of carbonyl (C=O) groups excluding carboxylic acids is 2. The number of rotatable bonds is 1. The predicted molar refractivity (Wildman–Crippen MR) is 75.7 cm³/mol. The number of carbonyl (C=O) groups is 2. The minimum Gasteiger partial charge on any atom is -0.353 e. The van der Waals surface area contributed by atoms with E-state index in [1.165, 1.54) is 18.5 Å². The first-order valence-corrected chi connectivity index (χ1v) is 6.86. The van der Waals surface area contributed by atoms with Crippen molar-refractivity contribution in [3.05, 3.63) is 30.3 Å². The van der Waals surface area contributed by atoms with E-state index < -0.39 is 11.6 Å². The number of fused-ring (bicyclic) bond motifs is 1. The minimum atomic E-state index is -0.908. The Hall–Kier alpha value is -2.77. The number of amides is 3. The number of urea groups is 1. The van der Waals surface area contributed by atoms with Crippen LogP contribution in [0.3, 0.4) is 0 Å². The smallest absolute Gasteiger partial charge is 0.322 e. The maximum atomic E-state index is 13.3. The summed E-state index contributed by atoms with van der Waals surface area (Å²) in [6.07, 6.45) is 1.87. The molecule has 1 aromatic carbocycles. The van der Waals surface area contributed by atoms with Gasteiger partial charge >= 0.3 is 6.03 Å². The van der Waals surface area contributed by atoms with Crippen LogP contribution in [0, 0.1) is 5.82 Å². The van der Waals surface area contributed by atoms with Gasteiger partial charge < -0.3 is 10.2 Å². The van der Waals surface area contributed by atoms with Crippen LogP contribution < -0.4 is 15.5 Å². The molecule has 8 heteroatoms. The highest BCUT2D eigenvalue weighted by Gasteiger charge is 2.51. The first kappa shape index (κ1) is 12.9. The number of halogens is 1. The number of hydrogen-bond acceptors (Lipinski definition) is 5. The molecule has 1 aromatic heterocycles. The Morgan fingerprint density at radius 3 is 2.91 bits per heavy atom. The van der Waals surface area contributed by atoms with E-state index >= 15 is 0 Å². The van der Waals surface area contributed by atoms with Gasteiger partial charge in [-0.1, -0.05) is 0 Å². The van der Waals surface area contributed by atoms with E-state index in [9.17, 15) is 14.0 Å². The van der Waals surface area contributed by atoms with Crippen LogP contribution in [0.4, 0.5) is 15.0 Å². The van der Waals surface area contributed by atoms with Crippen LogP contribution in [0.25, 0.3) is 10.9 Å². The van der Waals surface area contributed by atoms with Crippen LogP contribution in [-0.4, -0.2) is 40.5 Å². The first-order valence-electron chi connectivity index (χ1n) is 6.86. The Morgan fingerprint density at radius 2 is 2.14 bits per heavy atom. The zero-order chi connectivity index (χ0) is 15.3. The molecule has 2 saturated heterocycles. The van der Waals surface area contributed by atoms with Gasteiger partial charge in [-0.2, -0.15) is 0 Å². The largest absolute Gasteiger partial charge is 0.353 e. The van der Waals surface area contributed by atoms with Gasteiger partial charge in [0.1, 0.15) is 23.5 Å². The van der Waals surface area contributed by atoms with Gasteiger partial charge in [-0.3, -0.25) is 10.1 Å². The summed E-state index contributed by atoms with van der Waals surface area (Å²) >= 11 is 0. The fourth-order valence-corrected chi connectivity index (χ4v) is 3.07. The van der Waals surface area contributed by atoms with Crippen molar-refractivity contribution in [1.82, 2.24) is 20.6 Å². The average molecular weight is 301 g/mol. The molecule has 2 N–H and O–H groups in total. The number of imide groups is 1. The fourth-order valence-electron chi connectivity index (χ4n) is 3.07. The molecule has 3 amide bonds. The fraction of sp³-hybridized carbons (Fsp3) is 0.286. The molecule has 7 nitrogen and oxygen atoms in total. The van der Waals surface area contributed by atoms with Crippen LogP contribution in [0.1, 0.15) is 6.42 Å². The molecular weight excluding hydrogens is 289 g/mol. The number of hydrogen-bond donors (Lipinski definition) is 2. The van der Waals surface area contributed by atoms with E-state index in [0.29, 0.717) is 36.2 Å². The SMILES string of the molecule is O=C1NC(=O)C2(CCN(c3ncnc4cc(F)ccc34)C2)N1. The van der Waals surface area contributed by atoms with E-state index in [-0.39, 0.29) is 11.7 Å². The molecule has 3 heterocycles. The van der Waals surface area contributed by atoms with Crippen LogP contribution in [0.15, 0.2) is 24.5 Å². The summed E-state index contributed by atoms with van der Waals surface area (Å²) in [6.45, 7) is 0.894. The third-order valence-corrected chi connectivity index (χ3v) is 4.16. The molecule has 1 unspecified atom stereocenters. The molecule has 0 bridgehead atoms. The Labute approximate surface area is 124 Å². The molecule has 2 aliphatic rings. The quantitative estimate of drug-likeness (QED) is 0.751. The summed E-state index contributed by atoms with van der Waals surface area (Å²) in [5.74, 6) is -0.0438. The van der Waals surface area contributed by atoms with Gasteiger partial charge in [-0.05, 0) is 18.6 Å². The predicted octanol–water partition coefficient (Wildman–Crippen LogP) is 0.557. The maximum Gasteiger partial charge on any atom is 0.322 e. The lowest BCUT2D eigenvalue weighted by Crippen LogP contribution is -2.49. The molecule has 0 aliphatic carbocycles. The highest BCUT2D eigenvalue weighted by atomic mass is 19.1. The molecule has 2 aromatic rings. The van der Waals surface area contributed by atoms with Crippen molar-refractivity contribution < 1.29 is 14.0 Å². The third kappa shape index (κ3) is 1.80. The molecule has 2 fully saturated rings. The lowest BCUT2D eigenvalue weighted by Gasteiger charge is -2.22. The van der Waals surface area contributed by atoms with Crippen molar-refractivity contribution in [3.8, 4) is 0 Å². The molecule has 2 aliphatic heterocycles. The molecule has 112 valence electrons. The van der Waals surface area contributed by atoms with Crippen LogP contribution >= 0.6 is 0 Å². The Kier molecular flexibility index (Phi) is 2.56. The van der Waals surface area contributed by atoms with E-state index in [4.69, 9.17) is 0 Å². The molecule has 22 heavy (non-hydrogen) atoms. The molecule has 1 spiro atoms. The van der Waals surface area contributed by atoms with E-state index in [0.717, 1.165) is 0 Å². The van der Waals surface area contributed by atoms with Crippen LogP contribution in [0.2, 0.25) is 0 Å². The zero-order valence-electron chi connectivity index (χ0n) is 11.5. The Balaban J connectivity index is 1.72. The van der Waals surface area contributed by atoms with Crippen molar-refractivity contribution in [2.75, 3.05) is 18.0 Å². The highest BCUT2D eigenvalue weighted by Crippen LogP contribution is 2.31. The van der Waals surface area contributed by atoms with E-state index in [1.807, 2.05) is 4.90 Å². The Bertz CT molecular complexity index is 811. The summed E-state index contributed by atoms with van der Waals surface area (Å²) in [5.41, 5.74) is -0.403. The maximum absolute atomic E-state index is 13.3. The van der Waals surface area contributed by atoms with Gasteiger partial charge in [0, 0.05) is 18.0 Å². The second-order valence-electron chi connectivity index (χ2n) is 5.52. The summed E-state index contributed by atoms with van der Waals surface area (Å²) in [7, 11) is 0. The lowest BCUT2D eigenvalue weighted by molar-refractivity contribution is -0.123. The monoisotopic (exact) mass is 301 g/mol. The Morgan fingerprint density at radius 1 is 1.27 bits per heavy atom. The standard InChI is InChI=1S/C14H12FN5O2/c15-8-1-2-9-10(5-8)16-7-17-11(9)20-4-3-14(6-20)12(21)18-13(22)19-14/h1-2,5,7H,3-4,6H2,(H2,18,19,21,22). The molecule has 1 atom stereocenters. The van der Waals surface area contributed by atoms with Crippen LogP contribution in [0.5, 0.6) is 0 Å². The summed E-state index contributed by atoms with van der Waals surface area (Å²) in [6, 6.07) is 3.85. The van der Waals surface area contributed by atoms with Crippen molar-refractivity contribution in [2.24, 2.45) is 0 Å². The summed E-state index contributed by atoms with van der Waals surface area (Å²) < 4.78 is 13.3. The average Bonchev–Trinajstić information content (AvgIpc) is 3.02. The lowest BCUT2D eigenvalue weighted by atomic mass is 9.99. The first-order chi connectivity index (χ1) is 10.6. The van der Waals surface area contributed by atoms with Crippen molar-refractivity contribution in [1.29, 1.82) is 0 Å². The normalized spacial score (nSPS) is 24.1. The summed E-state index contributed by atoms with van der Waals surface area (Å²) in [5, 5.41) is 5.67. The minimum absolute atomic E-state index is 0.315. The molecule has 0 radical (unpaired) electrons. The van der Waals surface area contributed by atoms with Gasteiger partial charge in [-0.25, -0.2) is 19.2 Å². The van der Waals surface area contributed by atoms with Gasteiger partial charge in [0.2, 0.25) is 0 Å². The van der Waals surface area contributed by atoms with E-state index in [2.05, 4.69) is 20.6 Å². The van der Waals surface area contributed by atoms with Crippen molar-refractivity contribution >= 4 is 28.7 Å². The van der Waals surface area contributed by atoms with Crippen LogP contribution in [-0.2, 0) is 4.79 Å². The van der Waals surface area contributed by atoms with Gasteiger partial charge in [0.25, 0.3) is 5.91 Å². The van der Waals surface area contributed by atoms with Crippen molar-refractivity contribution in [2.45, 2.75) is 12.0 Å². The van der Waals surface area contributed by atoms with Gasteiger partial charge in [-0.15, -0.1) is 0 Å². The summed E-state index contributed by atoms with van der Waals surface area (Å²) in [4.78, 5) is 33.6. The topological polar surface area (TPSA) is 87.2 Å². The second-order valence-corrected chi connectivity index (χ2v) is 5.52. The van der Waals surface area contributed by atoms with Gasteiger partial charge in [0.15, 0.2) is 0 Å². The number of anilines is 1. The highest BCUT2D eigenvalue weighted by molar-refractivity contribution is 6.08.